The van der Waals surface area contributed by atoms with Crippen molar-refractivity contribution in [1.29, 1.82) is 0 Å². The van der Waals surface area contributed by atoms with E-state index in [9.17, 15) is 4.39 Å². The molecule has 1 N–H and O–H groups in total. The van der Waals surface area contributed by atoms with Crippen molar-refractivity contribution in [3.05, 3.63) is 35.6 Å². The van der Waals surface area contributed by atoms with Gasteiger partial charge in [0.05, 0.1) is 0 Å². The first-order valence-corrected chi connectivity index (χ1v) is 6.77. The maximum Gasteiger partial charge on any atom is 0.123 e. The van der Waals surface area contributed by atoms with E-state index in [0.29, 0.717) is 5.38 Å². The molecule has 0 spiro atoms. The highest BCUT2D eigenvalue weighted by atomic mass is 35.5. The third-order valence-electron chi connectivity index (χ3n) is 3.45. The van der Waals surface area contributed by atoms with Crippen LogP contribution < -0.4 is 5.32 Å². The number of rotatable bonds is 4. The van der Waals surface area contributed by atoms with E-state index in [1.165, 1.54) is 25.0 Å². The predicted molar refractivity (Wildman–Crippen MR) is 69.7 cm³/mol. The summed E-state index contributed by atoms with van der Waals surface area (Å²) in [4.78, 5) is 0. The highest BCUT2D eigenvalue weighted by Crippen LogP contribution is 2.26. The number of hydrogen-bond donors (Lipinski definition) is 1. The molecule has 1 fully saturated rings. The van der Waals surface area contributed by atoms with E-state index < -0.39 is 0 Å². The van der Waals surface area contributed by atoms with Gasteiger partial charge < -0.3 is 5.32 Å². The van der Waals surface area contributed by atoms with Gasteiger partial charge in [0.1, 0.15) is 5.82 Å². The first kappa shape index (κ1) is 12.8. The van der Waals surface area contributed by atoms with Crippen molar-refractivity contribution in [2.45, 2.75) is 37.6 Å². The van der Waals surface area contributed by atoms with E-state index in [2.05, 4.69) is 5.32 Å². The van der Waals surface area contributed by atoms with Crippen LogP contribution in [0.4, 0.5) is 4.39 Å². The molecule has 3 heteroatoms. The molecule has 2 rings (SSSR count). The molecule has 0 atom stereocenters. The van der Waals surface area contributed by atoms with Gasteiger partial charge in [0.25, 0.3) is 0 Å². The summed E-state index contributed by atoms with van der Waals surface area (Å²) in [6, 6.07) is 6.68. The fraction of sp³-hybridized carbons (Fsp3) is 0.571. The van der Waals surface area contributed by atoms with Gasteiger partial charge in [-0.25, -0.2) is 4.39 Å². The van der Waals surface area contributed by atoms with Crippen LogP contribution in [0.1, 0.15) is 31.2 Å². The van der Waals surface area contributed by atoms with Gasteiger partial charge >= 0.3 is 0 Å². The van der Waals surface area contributed by atoms with Crippen LogP contribution in [0.3, 0.4) is 0 Å². The quantitative estimate of drug-likeness (QED) is 0.809. The Kier molecular flexibility index (Phi) is 4.81. The van der Waals surface area contributed by atoms with E-state index >= 15 is 0 Å². The second-order valence-electron chi connectivity index (χ2n) is 4.88. The molecule has 1 aliphatic carbocycles. The number of halogens is 2. The largest absolute Gasteiger partial charge is 0.312 e. The molecular weight excluding hydrogens is 237 g/mol. The van der Waals surface area contributed by atoms with Crippen LogP contribution in [0, 0.1) is 11.7 Å². The van der Waals surface area contributed by atoms with Crippen LogP contribution in [-0.4, -0.2) is 11.9 Å². The van der Waals surface area contributed by atoms with Crippen molar-refractivity contribution in [2.24, 2.45) is 5.92 Å². The second-order valence-corrected chi connectivity index (χ2v) is 5.49. The van der Waals surface area contributed by atoms with Crippen molar-refractivity contribution in [2.75, 3.05) is 6.54 Å². The van der Waals surface area contributed by atoms with Crippen LogP contribution >= 0.6 is 11.6 Å². The SMILES string of the molecule is Fc1ccc(CNCC2CCC(Cl)CC2)cc1. The zero-order valence-corrected chi connectivity index (χ0v) is 10.7. The smallest absolute Gasteiger partial charge is 0.123 e. The van der Waals surface area contributed by atoms with Gasteiger partial charge in [0, 0.05) is 11.9 Å². The molecule has 0 saturated heterocycles. The molecule has 1 aromatic carbocycles. The van der Waals surface area contributed by atoms with Crippen LogP contribution in [0.5, 0.6) is 0 Å². The Morgan fingerprint density at radius 2 is 1.76 bits per heavy atom. The molecule has 0 bridgehead atoms. The summed E-state index contributed by atoms with van der Waals surface area (Å²) in [6.45, 7) is 1.86. The monoisotopic (exact) mass is 255 g/mol. The summed E-state index contributed by atoms with van der Waals surface area (Å²) in [5.74, 6) is 0.583. The number of benzene rings is 1. The lowest BCUT2D eigenvalue weighted by Crippen LogP contribution is -2.26. The third-order valence-corrected chi connectivity index (χ3v) is 3.89. The third kappa shape index (κ3) is 4.29. The first-order chi connectivity index (χ1) is 8.24. The molecule has 0 radical (unpaired) electrons. The number of nitrogens with one attached hydrogen (secondary N) is 1. The fourth-order valence-corrected chi connectivity index (χ4v) is 2.60. The van der Waals surface area contributed by atoms with E-state index in [4.69, 9.17) is 11.6 Å². The minimum Gasteiger partial charge on any atom is -0.312 e. The molecule has 17 heavy (non-hydrogen) atoms. The van der Waals surface area contributed by atoms with Crippen LogP contribution in [0.25, 0.3) is 0 Å². The van der Waals surface area contributed by atoms with Crippen molar-refractivity contribution in [3.8, 4) is 0 Å². The van der Waals surface area contributed by atoms with Crippen LogP contribution in [0.15, 0.2) is 24.3 Å². The number of hydrogen-bond acceptors (Lipinski definition) is 1. The summed E-state index contributed by atoms with van der Waals surface area (Å²) in [7, 11) is 0. The average molecular weight is 256 g/mol. The Morgan fingerprint density at radius 3 is 2.41 bits per heavy atom. The maximum absolute atomic E-state index is 12.7. The summed E-state index contributed by atoms with van der Waals surface area (Å²) < 4.78 is 12.7. The lowest BCUT2D eigenvalue weighted by molar-refractivity contribution is 0.345. The standard InChI is InChI=1S/C14H19ClFN/c15-13-5-1-11(2-6-13)9-17-10-12-3-7-14(16)8-4-12/h3-4,7-8,11,13,17H,1-2,5-6,9-10H2. The summed E-state index contributed by atoms with van der Waals surface area (Å²) in [5.41, 5.74) is 1.14. The molecule has 0 amide bonds. The molecule has 0 aliphatic heterocycles. The van der Waals surface area contributed by atoms with Gasteiger partial charge in [-0.3, -0.25) is 0 Å². The normalized spacial score (nSPS) is 24.8. The van der Waals surface area contributed by atoms with Gasteiger partial charge in [0.2, 0.25) is 0 Å². The molecule has 0 unspecified atom stereocenters. The van der Waals surface area contributed by atoms with Crippen molar-refractivity contribution >= 4 is 11.6 Å². The van der Waals surface area contributed by atoms with Gasteiger partial charge in [-0.2, -0.15) is 0 Å². The van der Waals surface area contributed by atoms with E-state index in [1.54, 1.807) is 0 Å². The second kappa shape index (κ2) is 6.36. The molecule has 1 aliphatic rings. The molecular formula is C14H19ClFN. The van der Waals surface area contributed by atoms with E-state index in [0.717, 1.165) is 37.4 Å². The van der Waals surface area contributed by atoms with Gasteiger partial charge in [-0.15, -0.1) is 11.6 Å². The lowest BCUT2D eigenvalue weighted by Gasteiger charge is -2.25. The fourth-order valence-electron chi connectivity index (χ4n) is 2.35. The predicted octanol–water partition coefficient (Wildman–Crippen LogP) is 3.71. The minimum absolute atomic E-state index is 0.172. The summed E-state index contributed by atoms with van der Waals surface area (Å²) >= 11 is 6.07. The zero-order chi connectivity index (χ0) is 12.1. The molecule has 1 nitrogen and oxygen atoms in total. The maximum atomic E-state index is 12.7. The van der Waals surface area contributed by atoms with Crippen molar-refractivity contribution < 1.29 is 4.39 Å². The Hall–Kier alpha value is -0.600. The van der Waals surface area contributed by atoms with Crippen molar-refractivity contribution in [1.82, 2.24) is 5.32 Å². The molecule has 94 valence electrons. The van der Waals surface area contributed by atoms with Gasteiger partial charge in [-0.1, -0.05) is 12.1 Å². The van der Waals surface area contributed by atoms with E-state index in [-0.39, 0.29) is 5.82 Å². The summed E-state index contributed by atoms with van der Waals surface area (Å²) in [5, 5.41) is 3.83. The van der Waals surface area contributed by atoms with E-state index in [1.807, 2.05) is 12.1 Å². The Bertz CT molecular complexity index is 331. The lowest BCUT2D eigenvalue weighted by atomic mass is 9.89. The van der Waals surface area contributed by atoms with Gasteiger partial charge in [-0.05, 0) is 55.8 Å². The topological polar surface area (TPSA) is 12.0 Å². The number of alkyl halides is 1. The molecule has 0 aromatic heterocycles. The van der Waals surface area contributed by atoms with Crippen LogP contribution in [-0.2, 0) is 6.54 Å². The zero-order valence-electron chi connectivity index (χ0n) is 9.96. The molecule has 1 saturated carbocycles. The highest BCUT2D eigenvalue weighted by molar-refractivity contribution is 6.20. The van der Waals surface area contributed by atoms with Crippen LogP contribution in [0.2, 0.25) is 0 Å². The summed E-state index contributed by atoms with van der Waals surface area (Å²) in [6.07, 6.45) is 4.74. The Balaban J connectivity index is 1.67. The highest BCUT2D eigenvalue weighted by Gasteiger charge is 2.18. The Labute approximate surface area is 107 Å². The van der Waals surface area contributed by atoms with Crippen molar-refractivity contribution in [3.63, 3.8) is 0 Å². The Morgan fingerprint density at radius 1 is 1.12 bits per heavy atom. The minimum atomic E-state index is -0.172. The molecule has 1 aromatic rings. The van der Waals surface area contributed by atoms with Gasteiger partial charge in [0.15, 0.2) is 0 Å². The first-order valence-electron chi connectivity index (χ1n) is 6.33. The average Bonchev–Trinajstić information content (AvgIpc) is 2.34. The molecule has 0 heterocycles.